The zero-order valence-corrected chi connectivity index (χ0v) is 10.1. The van der Waals surface area contributed by atoms with Crippen LogP contribution in [0.15, 0.2) is 24.3 Å². The Bertz CT molecular complexity index is 151. The quantitative estimate of drug-likeness (QED) is 0.372. The minimum Gasteiger partial charge on any atom is -0.0914 e. The molecule has 0 aromatic heterocycles. The van der Waals surface area contributed by atoms with Gasteiger partial charge in [0.25, 0.3) is 0 Å². The predicted molar refractivity (Wildman–Crippen MR) is 66.5 cm³/mol. The van der Waals surface area contributed by atoms with Crippen LogP contribution >= 0.6 is 0 Å². The Labute approximate surface area is 90.1 Å². The van der Waals surface area contributed by atoms with Gasteiger partial charge in [0.1, 0.15) is 0 Å². The molecular formula is C14H26. The highest BCUT2D eigenvalue weighted by Crippen LogP contribution is 2.09. The van der Waals surface area contributed by atoms with Gasteiger partial charge in [0.05, 0.1) is 0 Å². The molecule has 0 aliphatic rings. The van der Waals surface area contributed by atoms with E-state index in [0.29, 0.717) is 0 Å². The Morgan fingerprint density at radius 1 is 0.929 bits per heavy atom. The van der Waals surface area contributed by atoms with Gasteiger partial charge in [-0.2, -0.15) is 0 Å². The summed E-state index contributed by atoms with van der Waals surface area (Å²) in [5.41, 5.74) is 0. The Morgan fingerprint density at radius 3 is 2.36 bits per heavy atom. The van der Waals surface area contributed by atoms with Crippen LogP contribution in [0.3, 0.4) is 0 Å². The summed E-state index contributed by atoms with van der Waals surface area (Å²) >= 11 is 0. The highest BCUT2D eigenvalue weighted by atomic mass is 14.0. The van der Waals surface area contributed by atoms with E-state index < -0.39 is 0 Å². The number of hydrogen-bond donors (Lipinski definition) is 0. The maximum atomic E-state index is 2.31. The van der Waals surface area contributed by atoms with E-state index in [1.165, 1.54) is 32.1 Å². The summed E-state index contributed by atoms with van der Waals surface area (Å²) in [6, 6.07) is 0. The smallest absolute Gasteiger partial charge is 0.0169 e. The molecule has 0 aliphatic carbocycles. The molecule has 0 fully saturated rings. The minimum atomic E-state index is 0.875. The third-order valence-electron chi connectivity index (χ3n) is 2.33. The number of hydrogen-bond acceptors (Lipinski definition) is 0. The maximum Gasteiger partial charge on any atom is -0.0169 e. The van der Waals surface area contributed by atoms with Gasteiger partial charge in [-0.15, -0.1) is 0 Å². The van der Waals surface area contributed by atoms with Gasteiger partial charge in [-0.3, -0.25) is 0 Å². The summed E-state index contributed by atoms with van der Waals surface area (Å²) in [7, 11) is 0. The van der Waals surface area contributed by atoms with E-state index in [-0.39, 0.29) is 0 Å². The molecule has 0 heteroatoms. The van der Waals surface area contributed by atoms with Gasteiger partial charge >= 0.3 is 0 Å². The average Bonchev–Trinajstić information content (AvgIpc) is 2.15. The Kier molecular flexibility index (Phi) is 10.2. The molecule has 0 bridgehead atoms. The normalized spacial score (nSPS) is 12.3. The summed E-state index contributed by atoms with van der Waals surface area (Å²) in [5, 5.41) is 0. The lowest BCUT2D eigenvalue weighted by Crippen LogP contribution is -1.86. The molecule has 0 N–H and O–H groups in total. The summed E-state index contributed by atoms with van der Waals surface area (Å²) in [6.07, 6.45) is 16.8. The average molecular weight is 194 g/mol. The molecule has 14 heavy (non-hydrogen) atoms. The lowest BCUT2D eigenvalue weighted by atomic mass is 10.0. The van der Waals surface area contributed by atoms with Gasteiger partial charge in [-0.05, 0) is 32.1 Å². The maximum absolute atomic E-state index is 2.31. The molecule has 0 aromatic carbocycles. The lowest BCUT2D eigenvalue weighted by Gasteiger charge is -2.02. The van der Waals surface area contributed by atoms with Crippen molar-refractivity contribution in [1.29, 1.82) is 0 Å². The first-order valence-corrected chi connectivity index (χ1v) is 6.03. The van der Waals surface area contributed by atoms with E-state index in [0.717, 1.165) is 12.3 Å². The van der Waals surface area contributed by atoms with Crippen molar-refractivity contribution in [2.75, 3.05) is 0 Å². The van der Waals surface area contributed by atoms with Crippen LogP contribution in [0.1, 0.15) is 59.3 Å². The van der Waals surface area contributed by atoms with Crippen molar-refractivity contribution in [2.45, 2.75) is 59.3 Å². The van der Waals surface area contributed by atoms with Crippen LogP contribution < -0.4 is 0 Å². The molecule has 0 aliphatic heterocycles. The molecule has 0 saturated carbocycles. The SMILES string of the molecule is C/C=C\C/C=C\CCCCCC(C)C. The fourth-order valence-corrected chi connectivity index (χ4v) is 1.42. The van der Waals surface area contributed by atoms with Crippen LogP contribution in [0.25, 0.3) is 0 Å². The minimum absolute atomic E-state index is 0.875. The van der Waals surface area contributed by atoms with Gasteiger partial charge in [-0.1, -0.05) is 57.4 Å². The van der Waals surface area contributed by atoms with Gasteiger partial charge in [-0.25, -0.2) is 0 Å². The molecule has 0 saturated heterocycles. The molecule has 0 amide bonds. The van der Waals surface area contributed by atoms with Crippen molar-refractivity contribution in [1.82, 2.24) is 0 Å². The Morgan fingerprint density at radius 2 is 1.71 bits per heavy atom. The number of allylic oxidation sites excluding steroid dienone is 4. The molecular weight excluding hydrogens is 168 g/mol. The van der Waals surface area contributed by atoms with E-state index >= 15 is 0 Å². The monoisotopic (exact) mass is 194 g/mol. The lowest BCUT2D eigenvalue weighted by molar-refractivity contribution is 0.528. The molecule has 0 heterocycles. The molecule has 0 radical (unpaired) electrons. The fraction of sp³-hybridized carbons (Fsp3) is 0.714. The van der Waals surface area contributed by atoms with E-state index in [1.807, 2.05) is 0 Å². The van der Waals surface area contributed by atoms with Crippen LogP contribution in [0.4, 0.5) is 0 Å². The van der Waals surface area contributed by atoms with Gasteiger partial charge in [0.15, 0.2) is 0 Å². The van der Waals surface area contributed by atoms with Crippen LogP contribution in [0, 0.1) is 5.92 Å². The van der Waals surface area contributed by atoms with E-state index in [4.69, 9.17) is 0 Å². The number of rotatable bonds is 8. The second kappa shape index (κ2) is 10.6. The van der Waals surface area contributed by atoms with Gasteiger partial charge in [0, 0.05) is 0 Å². The molecule has 0 nitrogen and oxygen atoms in total. The van der Waals surface area contributed by atoms with Crippen molar-refractivity contribution < 1.29 is 0 Å². The summed E-state index contributed by atoms with van der Waals surface area (Å²) in [4.78, 5) is 0. The second-order valence-electron chi connectivity index (χ2n) is 4.31. The molecule has 0 unspecified atom stereocenters. The second-order valence-corrected chi connectivity index (χ2v) is 4.31. The van der Waals surface area contributed by atoms with Crippen LogP contribution in [-0.2, 0) is 0 Å². The Balaban J connectivity index is 3.09. The van der Waals surface area contributed by atoms with E-state index in [2.05, 4.69) is 45.1 Å². The third-order valence-corrected chi connectivity index (χ3v) is 2.33. The topological polar surface area (TPSA) is 0 Å². The van der Waals surface area contributed by atoms with Gasteiger partial charge < -0.3 is 0 Å². The summed E-state index contributed by atoms with van der Waals surface area (Å²) in [5.74, 6) is 0.875. The van der Waals surface area contributed by atoms with Crippen molar-refractivity contribution in [3.63, 3.8) is 0 Å². The van der Waals surface area contributed by atoms with E-state index in [1.54, 1.807) is 0 Å². The Hall–Kier alpha value is -0.520. The van der Waals surface area contributed by atoms with Crippen LogP contribution in [-0.4, -0.2) is 0 Å². The zero-order valence-electron chi connectivity index (χ0n) is 10.1. The van der Waals surface area contributed by atoms with Crippen molar-refractivity contribution in [3.8, 4) is 0 Å². The molecule has 0 rings (SSSR count). The van der Waals surface area contributed by atoms with Crippen molar-refractivity contribution in [3.05, 3.63) is 24.3 Å². The molecule has 0 spiro atoms. The first kappa shape index (κ1) is 13.5. The summed E-state index contributed by atoms with van der Waals surface area (Å²) in [6.45, 7) is 6.67. The number of unbranched alkanes of at least 4 members (excludes halogenated alkanes) is 3. The van der Waals surface area contributed by atoms with Crippen LogP contribution in [0.2, 0.25) is 0 Å². The first-order chi connectivity index (χ1) is 6.77. The van der Waals surface area contributed by atoms with Crippen LogP contribution in [0.5, 0.6) is 0 Å². The largest absolute Gasteiger partial charge is 0.0914 e. The van der Waals surface area contributed by atoms with Crippen molar-refractivity contribution in [2.24, 2.45) is 5.92 Å². The van der Waals surface area contributed by atoms with Gasteiger partial charge in [0.2, 0.25) is 0 Å². The molecule has 0 aromatic rings. The first-order valence-electron chi connectivity index (χ1n) is 6.03. The molecule has 82 valence electrons. The third kappa shape index (κ3) is 11.5. The van der Waals surface area contributed by atoms with Crippen molar-refractivity contribution >= 4 is 0 Å². The van der Waals surface area contributed by atoms with E-state index in [9.17, 15) is 0 Å². The summed E-state index contributed by atoms with van der Waals surface area (Å²) < 4.78 is 0. The molecule has 0 atom stereocenters. The highest BCUT2D eigenvalue weighted by molar-refractivity contribution is 4.91. The highest BCUT2D eigenvalue weighted by Gasteiger charge is 1.92. The predicted octanol–water partition coefficient (Wildman–Crippen LogP) is 5.12. The zero-order chi connectivity index (χ0) is 10.6. The fourth-order valence-electron chi connectivity index (χ4n) is 1.42. The standard InChI is InChI=1S/C14H26/c1-4-5-6-7-8-9-10-11-12-13-14(2)3/h4-5,7-8,14H,6,9-13H2,1-3H3/b5-4-,8-7-.